The number of sulfone groups is 1. The van der Waals surface area contributed by atoms with E-state index in [2.05, 4.69) is 11.8 Å². The number of aliphatic hydroxyl groups excluding tert-OH is 1. The first kappa shape index (κ1) is 15.7. The molecule has 0 atom stereocenters. The van der Waals surface area contributed by atoms with Gasteiger partial charge in [-0.15, -0.1) is 0 Å². The largest absolute Gasteiger partial charge is 0.384 e. The molecule has 0 radical (unpaired) electrons. The topological polar surface area (TPSA) is 57.6 Å². The second-order valence-electron chi connectivity index (χ2n) is 4.48. The molecular formula is C14H19NO3S. The fourth-order valence-electron chi connectivity index (χ4n) is 1.61. The molecule has 0 saturated carbocycles. The summed E-state index contributed by atoms with van der Waals surface area (Å²) >= 11 is 0. The van der Waals surface area contributed by atoms with Crippen molar-refractivity contribution in [3.05, 3.63) is 35.4 Å². The third-order valence-corrected chi connectivity index (χ3v) is 3.53. The second-order valence-corrected chi connectivity index (χ2v) is 6.74. The third kappa shape index (κ3) is 6.39. The summed E-state index contributed by atoms with van der Waals surface area (Å²) in [4.78, 5) is 1.94. The second kappa shape index (κ2) is 7.29. The number of rotatable bonds is 5. The molecule has 0 aliphatic carbocycles. The number of benzene rings is 1. The van der Waals surface area contributed by atoms with E-state index in [1.807, 2.05) is 36.2 Å². The van der Waals surface area contributed by atoms with Crippen molar-refractivity contribution < 1.29 is 13.5 Å². The zero-order valence-electron chi connectivity index (χ0n) is 11.3. The molecule has 5 heteroatoms. The molecule has 0 amide bonds. The van der Waals surface area contributed by atoms with Crippen LogP contribution in [0.15, 0.2) is 24.3 Å². The smallest absolute Gasteiger partial charge is 0.148 e. The Morgan fingerprint density at radius 3 is 2.63 bits per heavy atom. The van der Waals surface area contributed by atoms with E-state index in [9.17, 15) is 8.42 Å². The summed E-state index contributed by atoms with van der Waals surface area (Å²) in [6, 6.07) is 7.66. The Balaban J connectivity index is 2.71. The molecule has 19 heavy (non-hydrogen) atoms. The van der Waals surface area contributed by atoms with Crippen molar-refractivity contribution >= 4 is 9.84 Å². The molecule has 0 bridgehead atoms. The molecule has 104 valence electrons. The highest BCUT2D eigenvalue weighted by atomic mass is 32.2. The Morgan fingerprint density at radius 1 is 1.32 bits per heavy atom. The van der Waals surface area contributed by atoms with Crippen LogP contribution in [0.3, 0.4) is 0 Å². The number of hydrogen-bond acceptors (Lipinski definition) is 4. The van der Waals surface area contributed by atoms with Crippen LogP contribution in [0, 0.1) is 11.8 Å². The summed E-state index contributed by atoms with van der Waals surface area (Å²) < 4.78 is 22.2. The molecule has 1 aromatic carbocycles. The lowest BCUT2D eigenvalue weighted by molar-refractivity contribution is 0.346. The predicted molar refractivity (Wildman–Crippen MR) is 76.5 cm³/mol. The van der Waals surface area contributed by atoms with Crippen molar-refractivity contribution in [2.24, 2.45) is 0 Å². The zero-order valence-corrected chi connectivity index (χ0v) is 12.1. The van der Waals surface area contributed by atoms with Crippen LogP contribution in [0.25, 0.3) is 0 Å². The lowest BCUT2D eigenvalue weighted by Gasteiger charge is -2.17. The van der Waals surface area contributed by atoms with Gasteiger partial charge in [-0.2, -0.15) is 0 Å². The minimum absolute atomic E-state index is 0.147. The van der Waals surface area contributed by atoms with Gasteiger partial charge >= 0.3 is 0 Å². The minimum Gasteiger partial charge on any atom is -0.384 e. The highest BCUT2D eigenvalue weighted by molar-refractivity contribution is 7.90. The zero-order chi connectivity index (χ0) is 14.3. The molecule has 0 spiro atoms. The van der Waals surface area contributed by atoms with Gasteiger partial charge in [-0.1, -0.05) is 30.0 Å². The van der Waals surface area contributed by atoms with Gasteiger partial charge in [-0.3, -0.25) is 0 Å². The first-order valence-corrected chi connectivity index (χ1v) is 8.02. The number of hydrogen-bond donors (Lipinski definition) is 1. The quantitative estimate of drug-likeness (QED) is 0.799. The van der Waals surface area contributed by atoms with E-state index in [-0.39, 0.29) is 12.4 Å². The van der Waals surface area contributed by atoms with E-state index in [1.54, 1.807) is 0 Å². The van der Waals surface area contributed by atoms with Crippen molar-refractivity contribution in [3.8, 4) is 11.8 Å². The maximum absolute atomic E-state index is 11.1. The van der Waals surface area contributed by atoms with Crippen LogP contribution in [0.1, 0.15) is 11.1 Å². The molecule has 0 aliphatic heterocycles. The predicted octanol–water partition coefficient (Wildman–Crippen LogP) is 0.507. The van der Waals surface area contributed by atoms with Crippen molar-refractivity contribution in [2.75, 3.05) is 32.2 Å². The van der Waals surface area contributed by atoms with Crippen LogP contribution < -0.4 is 0 Å². The molecular weight excluding hydrogens is 262 g/mol. The lowest BCUT2D eigenvalue weighted by Crippen LogP contribution is -2.25. The normalized spacial score (nSPS) is 11.2. The summed E-state index contributed by atoms with van der Waals surface area (Å²) in [6.07, 6.45) is 1.24. The van der Waals surface area contributed by atoms with Crippen LogP contribution >= 0.6 is 0 Å². The van der Waals surface area contributed by atoms with Crippen LogP contribution in [-0.4, -0.2) is 50.6 Å². The average molecular weight is 281 g/mol. The highest BCUT2D eigenvalue weighted by Crippen LogP contribution is 2.09. The van der Waals surface area contributed by atoms with Gasteiger partial charge in [-0.05, 0) is 18.7 Å². The Kier molecular flexibility index (Phi) is 6.03. The number of aliphatic hydroxyl groups is 1. The Bertz CT molecular complexity index is 570. The molecule has 0 fully saturated rings. The van der Waals surface area contributed by atoms with Gasteiger partial charge in [0.2, 0.25) is 0 Å². The Labute approximate surface area is 115 Å². The van der Waals surface area contributed by atoms with E-state index < -0.39 is 9.84 Å². The van der Waals surface area contributed by atoms with E-state index >= 15 is 0 Å². The van der Waals surface area contributed by atoms with E-state index in [1.165, 1.54) is 6.26 Å². The minimum atomic E-state index is -2.94. The van der Waals surface area contributed by atoms with Gasteiger partial charge in [0.15, 0.2) is 0 Å². The fraction of sp³-hybridized carbons (Fsp3) is 0.429. The molecule has 1 rings (SSSR count). The van der Waals surface area contributed by atoms with Crippen LogP contribution in [0.4, 0.5) is 0 Å². The first-order chi connectivity index (χ1) is 8.92. The van der Waals surface area contributed by atoms with Crippen LogP contribution in [0.5, 0.6) is 0 Å². The summed E-state index contributed by atoms with van der Waals surface area (Å²) in [5, 5.41) is 8.72. The molecule has 0 unspecified atom stereocenters. The Hall–Kier alpha value is -1.35. The van der Waals surface area contributed by atoms with Gasteiger partial charge < -0.3 is 10.0 Å². The van der Waals surface area contributed by atoms with Gasteiger partial charge in [-0.25, -0.2) is 8.42 Å². The monoisotopic (exact) mass is 281 g/mol. The molecule has 4 nitrogen and oxygen atoms in total. The SMILES string of the molecule is CN(CCS(C)(=O)=O)Cc1ccccc1C#CCO. The Morgan fingerprint density at radius 2 is 2.00 bits per heavy atom. The fourth-order valence-corrected chi connectivity index (χ4v) is 2.25. The summed E-state index contributed by atoms with van der Waals surface area (Å²) in [5.74, 6) is 5.67. The van der Waals surface area contributed by atoms with Gasteiger partial charge in [0.05, 0.1) is 5.75 Å². The molecule has 0 aliphatic rings. The van der Waals surface area contributed by atoms with Crippen LogP contribution in [-0.2, 0) is 16.4 Å². The molecule has 0 heterocycles. The lowest BCUT2D eigenvalue weighted by atomic mass is 10.1. The van der Waals surface area contributed by atoms with Gasteiger partial charge in [0, 0.05) is 24.9 Å². The first-order valence-electron chi connectivity index (χ1n) is 5.96. The standard InChI is InChI=1S/C14H19NO3S/c1-15(9-11-19(2,17)18)12-14-7-4-3-6-13(14)8-5-10-16/h3-4,6-7,16H,9-12H2,1-2H3. The maximum Gasteiger partial charge on any atom is 0.148 e. The van der Waals surface area contributed by atoms with Crippen molar-refractivity contribution in [2.45, 2.75) is 6.54 Å². The molecule has 1 N–H and O–H groups in total. The van der Waals surface area contributed by atoms with E-state index in [4.69, 9.17) is 5.11 Å². The summed E-state index contributed by atoms with van der Waals surface area (Å²) in [6.45, 7) is 0.949. The van der Waals surface area contributed by atoms with Gasteiger partial charge in [0.1, 0.15) is 16.4 Å². The maximum atomic E-state index is 11.1. The summed E-state index contributed by atoms with van der Waals surface area (Å²) in [7, 11) is -1.06. The van der Waals surface area contributed by atoms with Gasteiger partial charge in [0.25, 0.3) is 0 Å². The number of nitrogens with zero attached hydrogens (tertiary/aromatic N) is 1. The summed E-state index contributed by atoms with van der Waals surface area (Å²) in [5.41, 5.74) is 1.89. The molecule has 1 aromatic rings. The molecule has 0 saturated heterocycles. The van der Waals surface area contributed by atoms with Crippen LogP contribution in [0.2, 0.25) is 0 Å². The van der Waals surface area contributed by atoms with Crippen molar-refractivity contribution in [1.29, 1.82) is 0 Å². The average Bonchev–Trinajstić information content (AvgIpc) is 2.34. The van der Waals surface area contributed by atoms with Crippen molar-refractivity contribution in [3.63, 3.8) is 0 Å². The third-order valence-electron chi connectivity index (χ3n) is 2.60. The van der Waals surface area contributed by atoms with E-state index in [0.717, 1.165) is 11.1 Å². The highest BCUT2D eigenvalue weighted by Gasteiger charge is 2.07. The molecule has 0 aromatic heterocycles. The van der Waals surface area contributed by atoms with Crippen molar-refractivity contribution in [1.82, 2.24) is 4.90 Å². The van der Waals surface area contributed by atoms with E-state index in [0.29, 0.717) is 13.1 Å².